The first-order valence-corrected chi connectivity index (χ1v) is 21.4. The third-order valence-electron chi connectivity index (χ3n) is 10.1. The standard InChI is InChI=1S/C36H54N2O2.2C4H8O.4CO.Al.Co/c1-33(2,3)25-17-23(31(39)27(19-25)35(7,8)9)21-37-29-15-13-14-16-30(29)38-22-24-18-26(34(4,5)6)20-28(32(24)40)36(10,11)12;2*1-2-4-5-3-1;4*1-2;;/h17-22,29-30,39-40H,13-16H2,1-12H3;2*1-4H2;;;;;;/q;;;;;;;+3;/p-2. The molecule has 1 radical (unpaired) electrons. The second-order valence-corrected chi connectivity index (χ2v) is 19.5. The van der Waals surface area contributed by atoms with Gasteiger partial charge in [-0.2, -0.15) is 0 Å². The van der Waals surface area contributed by atoms with Crippen molar-refractivity contribution in [3.8, 4) is 11.5 Å². The predicted molar refractivity (Wildman–Crippen MR) is 232 cm³/mol. The Kier molecular flexibility index (Phi) is 29.3. The molecule has 60 heavy (non-hydrogen) atoms. The zero-order valence-corrected chi connectivity index (χ0v) is 40.4. The average molecular weight is 887 g/mol. The Labute approximate surface area is 379 Å². The van der Waals surface area contributed by atoms with Gasteiger partial charge in [-0.15, -0.1) is 0 Å². The van der Waals surface area contributed by atoms with Crippen molar-refractivity contribution < 1.29 is 52.4 Å². The van der Waals surface area contributed by atoms with Crippen LogP contribution in [0.15, 0.2) is 34.3 Å². The van der Waals surface area contributed by atoms with Gasteiger partial charge in [-0.1, -0.05) is 0 Å². The van der Waals surface area contributed by atoms with Crippen molar-refractivity contribution in [2.24, 2.45) is 9.98 Å². The van der Waals surface area contributed by atoms with Gasteiger partial charge in [0.05, 0.1) is 0 Å². The molecule has 329 valence electrons. The van der Waals surface area contributed by atoms with E-state index in [2.05, 4.69) is 146 Å². The Morgan fingerprint density at radius 3 is 1.02 bits per heavy atom. The molecule has 1 saturated carbocycles. The van der Waals surface area contributed by atoms with Gasteiger partial charge in [0.15, 0.2) is 0 Å². The maximum Gasteiger partial charge on any atom is 0 e. The number of benzene rings is 2. The number of fused-ring (bicyclic) bond motifs is 3. The van der Waals surface area contributed by atoms with Gasteiger partial charge in [0.2, 0.25) is 0 Å². The molecule has 3 fully saturated rings. The maximum absolute atomic E-state index is 7.50. The minimum Gasteiger partial charge on any atom is 0 e. The van der Waals surface area contributed by atoms with Crippen LogP contribution >= 0.6 is 0 Å². The van der Waals surface area contributed by atoms with E-state index in [1.165, 1.54) is 60.8 Å². The van der Waals surface area contributed by atoms with Crippen molar-refractivity contribution in [3.05, 3.63) is 84.2 Å². The summed E-state index contributed by atoms with van der Waals surface area (Å²) in [6, 6.07) is 9.54. The second kappa shape index (κ2) is 29.6. The number of ether oxygens (including phenoxy) is 2. The van der Waals surface area contributed by atoms with Crippen LogP contribution in [0.25, 0.3) is 0 Å². The monoisotopic (exact) mass is 886 g/mol. The largest absolute Gasteiger partial charge is 0 e. The topological polar surface area (TPSA) is 141 Å². The van der Waals surface area contributed by atoms with Crippen LogP contribution in [0.1, 0.15) is 168 Å². The van der Waals surface area contributed by atoms with Crippen LogP contribution in [0.3, 0.4) is 0 Å². The van der Waals surface area contributed by atoms with Crippen LogP contribution in [0, 0.1) is 26.6 Å². The molecule has 0 aromatic heterocycles. The number of hydrogen-bond donors (Lipinski definition) is 0. The Balaban J connectivity index is 0. The molecule has 4 aliphatic rings. The quantitative estimate of drug-likeness (QED) is 0.147. The van der Waals surface area contributed by atoms with Crippen molar-refractivity contribution in [2.45, 2.75) is 168 Å². The third-order valence-corrected chi connectivity index (χ3v) is 10.7. The molecule has 0 amide bonds. The molecule has 0 spiro atoms. The van der Waals surface area contributed by atoms with Gasteiger partial charge >= 0.3 is 303 Å². The van der Waals surface area contributed by atoms with Crippen molar-refractivity contribution >= 4 is 28.3 Å². The fourth-order valence-electron chi connectivity index (χ4n) is 6.67. The van der Waals surface area contributed by atoms with Gasteiger partial charge in [0, 0.05) is 43.2 Å². The molecule has 2 aromatic rings. The SMILES string of the molecule is C1CCOC1.C1CCOC1.CC(C)(C)c1cc2c(c(C(C)(C)C)c1)[O][Al+][O]c1c(cc(C(C)(C)C)cc1C(C)(C)C)C=NC1CCCCC1N=C2.[C-]#[O+].[C-]#[O+].[C-]#[O+].[C-]#[O+].[Co]. The first kappa shape index (κ1) is 59.4. The molecule has 6 rings (SSSR count). The van der Waals surface area contributed by atoms with Crippen molar-refractivity contribution in [1.82, 2.24) is 0 Å². The van der Waals surface area contributed by atoms with Gasteiger partial charge in [0.25, 0.3) is 0 Å². The first-order chi connectivity index (χ1) is 27.9. The Morgan fingerprint density at radius 1 is 0.483 bits per heavy atom. The Morgan fingerprint density at radius 2 is 0.783 bits per heavy atom. The molecule has 2 saturated heterocycles. The van der Waals surface area contributed by atoms with E-state index in [1.807, 2.05) is 0 Å². The summed E-state index contributed by atoms with van der Waals surface area (Å²) >= 11 is -0.818. The Bertz CT molecular complexity index is 1530. The minimum absolute atomic E-state index is 0. The molecular formula is C48H68AlCoN2O8+. The zero-order valence-electron chi connectivity index (χ0n) is 38.2. The Hall–Kier alpha value is -2.70. The maximum atomic E-state index is 7.50. The summed E-state index contributed by atoms with van der Waals surface area (Å²) in [5.74, 6) is 1.81. The van der Waals surface area contributed by atoms with Crippen LogP contribution in [0.4, 0.5) is 0 Å². The molecule has 2 atom stereocenters. The molecular weight excluding hydrogens is 818 g/mol. The van der Waals surface area contributed by atoms with E-state index in [4.69, 9.17) is 45.6 Å². The van der Waals surface area contributed by atoms with Gasteiger partial charge < -0.3 is 9.47 Å². The van der Waals surface area contributed by atoms with Crippen molar-refractivity contribution in [1.29, 1.82) is 0 Å². The second-order valence-electron chi connectivity index (χ2n) is 18.8. The van der Waals surface area contributed by atoms with E-state index in [0.29, 0.717) is 0 Å². The van der Waals surface area contributed by atoms with E-state index in [1.54, 1.807) is 0 Å². The average Bonchev–Trinajstić information content (AvgIpc) is 3.99. The van der Waals surface area contributed by atoms with E-state index in [-0.39, 0.29) is 50.5 Å². The molecule has 1 aliphatic carbocycles. The predicted octanol–water partition coefficient (Wildman–Crippen LogP) is 10.5. The molecule has 12 heteroatoms. The van der Waals surface area contributed by atoms with E-state index in [9.17, 15) is 0 Å². The molecule has 10 nitrogen and oxygen atoms in total. The van der Waals surface area contributed by atoms with Crippen LogP contribution in [0.5, 0.6) is 11.5 Å². The van der Waals surface area contributed by atoms with E-state index >= 15 is 0 Å². The smallest absolute Gasteiger partial charge is 0 e. The van der Waals surface area contributed by atoms with Crippen molar-refractivity contribution in [3.63, 3.8) is 0 Å². The molecule has 3 aliphatic heterocycles. The summed E-state index contributed by atoms with van der Waals surface area (Å²) in [6.45, 7) is 49.2. The van der Waals surface area contributed by atoms with E-state index < -0.39 is 15.9 Å². The summed E-state index contributed by atoms with van der Waals surface area (Å²) in [7, 11) is 0. The number of nitrogens with zero attached hydrogens (tertiary/aromatic N) is 2. The van der Waals surface area contributed by atoms with Gasteiger partial charge in [-0.25, -0.2) is 0 Å². The molecule has 0 bridgehead atoms. The van der Waals surface area contributed by atoms with Crippen LogP contribution in [-0.4, -0.2) is 66.8 Å². The molecule has 2 unspecified atom stereocenters. The van der Waals surface area contributed by atoms with Crippen LogP contribution < -0.4 is 7.58 Å². The third kappa shape index (κ3) is 20.0. The molecule has 3 heterocycles. The number of aliphatic imine (C=N–C) groups is 2. The fourth-order valence-corrected chi connectivity index (χ4v) is 7.44. The summed E-state index contributed by atoms with van der Waals surface area (Å²) < 4.78 is 53.3. The van der Waals surface area contributed by atoms with Gasteiger partial charge in [-0.3, -0.25) is 0 Å². The minimum atomic E-state index is -0.818. The normalized spacial score (nSPS) is 17.8. The first-order valence-electron chi connectivity index (χ1n) is 20.4. The zero-order chi connectivity index (χ0) is 45.5. The number of rotatable bonds is 0. The van der Waals surface area contributed by atoms with Crippen LogP contribution in [0.2, 0.25) is 0 Å². The van der Waals surface area contributed by atoms with Crippen LogP contribution in [-0.2, 0) is 66.5 Å². The summed E-state index contributed by atoms with van der Waals surface area (Å²) in [5, 5.41) is 0. The van der Waals surface area contributed by atoms with E-state index in [0.717, 1.165) is 61.9 Å². The summed E-state index contributed by atoms with van der Waals surface area (Å²) in [5.41, 5.74) is 6.91. The molecule has 0 N–H and O–H groups in total. The van der Waals surface area contributed by atoms with Crippen molar-refractivity contribution in [2.75, 3.05) is 26.4 Å². The van der Waals surface area contributed by atoms with Gasteiger partial charge in [-0.05, 0) is 25.7 Å². The molecule has 2 aromatic carbocycles. The van der Waals surface area contributed by atoms with Gasteiger partial charge in [0.1, 0.15) is 0 Å². The summed E-state index contributed by atoms with van der Waals surface area (Å²) in [4.78, 5) is 10.4. The number of hydrogen-bond acceptors (Lipinski definition) is 6. The summed E-state index contributed by atoms with van der Waals surface area (Å²) in [6.07, 6.45) is 13.8. The fraction of sp³-hybridized carbons (Fsp3) is 0.625.